The van der Waals surface area contributed by atoms with Gasteiger partial charge in [-0.05, 0) is 31.5 Å². The third kappa shape index (κ3) is 2.50. The summed E-state index contributed by atoms with van der Waals surface area (Å²) >= 11 is 5.84. The lowest BCUT2D eigenvalue weighted by Crippen LogP contribution is -2.34. The second-order valence-corrected chi connectivity index (χ2v) is 6.14. The first-order valence-electron chi connectivity index (χ1n) is 7.08. The van der Waals surface area contributed by atoms with Gasteiger partial charge in [-0.3, -0.25) is 4.79 Å². The van der Waals surface area contributed by atoms with Crippen LogP contribution in [0.3, 0.4) is 0 Å². The van der Waals surface area contributed by atoms with Crippen molar-refractivity contribution in [2.45, 2.75) is 31.9 Å². The van der Waals surface area contributed by atoms with Crippen LogP contribution in [0.25, 0.3) is 0 Å². The number of amides is 1. The van der Waals surface area contributed by atoms with Crippen LogP contribution in [0.4, 0.5) is 0 Å². The highest BCUT2D eigenvalue weighted by Gasteiger charge is 2.42. The Morgan fingerprint density at radius 3 is 2.91 bits per heavy atom. The van der Waals surface area contributed by atoms with E-state index in [1.165, 1.54) is 12.3 Å². The molecule has 0 spiro atoms. The first-order chi connectivity index (χ1) is 10.4. The molecule has 0 aliphatic carbocycles. The Morgan fingerprint density at radius 2 is 2.32 bits per heavy atom. The standard InChI is InChI=1S/C14H17ClN4O3/c1-9(2)19-7-11(16-17-19)14(21)4-5-18(8-14)13(20)10-3-6-22-12(10)15/h3,6-7,9,21H,4-5,8H2,1-2H3/t14-/m1/s1. The molecule has 118 valence electrons. The third-order valence-electron chi connectivity index (χ3n) is 3.90. The monoisotopic (exact) mass is 324 g/mol. The quantitative estimate of drug-likeness (QED) is 0.931. The molecule has 1 amide bonds. The van der Waals surface area contributed by atoms with E-state index < -0.39 is 5.60 Å². The van der Waals surface area contributed by atoms with Crippen LogP contribution in [0.5, 0.6) is 0 Å². The van der Waals surface area contributed by atoms with Crippen molar-refractivity contribution in [3.8, 4) is 0 Å². The molecule has 0 unspecified atom stereocenters. The molecule has 1 atom stereocenters. The summed E-state index contributed by atoms with van der Waals surface area (Å²) in [5, 5.41) is 18.9. The van der Waals surface area contributed by atoms with Gasteiger partial charge in [0, 0.05) is 19.0 Å². The summed E-state index contributed by atoms with van der Waals surface area (Å²) in [4.78, 5) is 13.9. The van der Waals surface area contributed by atoms with E-state index in [0.29, 0.717) is 24.2 Å². The zero-order valence-corrected chi connectivity index (χ0v) is 13.1. The van der Waals surface area contributed by atoms with E-state index in [2.05, 4.69) is 10.3 Å². The molecule has 0 radical (unpaired) electrons. The van der Waals surface area contributed by atoms with E-state index in [0.717, 1.165) is 0 Å². The fourth-order valence-corrected chi connectivity index (χ4v) is 2.73. The van der Waals surface area contributed by atoms with Crippen molar-refractivity contribution in [1.29, 1.82) is 0 Å². The lowest BCUT2D eigenvalue weighted by molar-refractivity contribution is 0.0381. The van der Waals surface area contributed by atoms with Gasteiger partial charge in [-0.2, -0.15) is 0 Å². The van der Waals surface area contributed by atoms with E-state index in [1.54, 1.807) is 15.8 Å². The summed E-state index contributed by atoms with van der Waals surface area (Å²) in [6.45, 7) is 4.54. The number of hydrogen-bond donors (Lipinski definition) is 1. The van der Waals surface area contributed by atoms with Gasteiger partial charge in [-0.1, -0.05) is 5.21 Å². The molecule has 2 aromatic rings. The molecule has 1 aliphatic heterocycles. The smallest absolute Gasteiger partial charge is 0.258 e. The van der Waals surface area contributed by atoms with Crippen LogP contribution in [0.2, 0.25) is 5.22 Å². The summed E-state index contributed by atoms with van der Waals surface area (Å²) in [6, 6.07) is 1.69. The highest BCUT2D eigenvalue weighted by Crippen LogP contribution is 2.32. The molecule has 0 aromatic carbocycles. The van der Waals surface area contributed by atoms with Gasteiger partial charge in [-0.25, -0.2) is 4.68 Å². The lowest BCUT2D eigenvalue weighted by atomic mass is 10.00. The van der Waals surface area contributed by atoms with Gasteiger partial charge in [0.15, 0.2) is 0 Å². The van der Waals surface area contributed by atoms with Crippen LogP contribution in [0.1, 0.15) is 42.4 Å². The number of β-amino-alcohol motifs (C(OH)–C–C–N with tert-alkyl or cyclic N) is 1. The van der Waals surface area contributed by atoms with Gasteiger partial charge < -0.3 is 14.4 Å². The number of aromatic nitrogens is 3. The number of likely N-dealkylation sites (tertiary alicyclic amines) is 1. The number of carbonyl (C=O) groups is 1. The maximum absolute atomic E-state index is 12.4. The molecule has 1 fully saturated rings. The van der Waals surface area contributed by atoms with Crippen molar-refractivity contribution in [2.24, 2.45) is 0 Å². The number of rotatable bonds is 3. The molecule has 1 N–H and O–H groups in total. The zero-order chi connectivity index (χ0) is 15.9. The summed E-state index contributed by atoms with van der Waals surface area (Å²) in [7, 11) is 0. The molecule has 22 heavy (non-hydrogen) atoms. The minimum absolute atomic E-state index is 0.0613. The van der Waals surface area contributed by atoms with Gasteiger partial charge in [0.2, 0.25) is 5.22 Å². The van der Waals surface area contributed by atoms with Crippen molar-refractivity contribution in [2.75, 3.05) is 13.1 Å². The molecule has 3 heterocycles. The minimum Gasteiger partial charge on any atom is -0.452 e. The number of hydrogen-bond acceptors (Lipinski definition) is 5. The molecule has 1 aliphatic rings. The summed E-state index contributed by atoms with van der Waals surface area (Å²) in [6.07, 6.45) is 3.50. The Labute approximate surface area is 132 Å². The van der Waals surface area contributed by atoms with Crippen LogP contribution < -0.4 is 0 Å². The Balaban J connectivity index is 1.78. The van der Waals surface area contributed by atoms with E-state index in [9.17, 15) is 9.90 Å². The molecule has 2 aromatic heterocycles. The van der Waals surface area contributed by atoms with Crippen molar-refractivity contribution in [3.63, 3.8) is 0 Å². The molecular formula is C14H17ClN4O3. The van der Waals surface area contributed by atoms with Crippen molar-refractivity contribution in [3.05, 3.63) is 35.0 Å². The average Bonchev–Trinajstić information content (AvgIpc) is 3.17. The predicted octanol–water partition coefficient (Wildman–Crippen LogP) is 1.84. The SMILES string of the molecule is CC(C)n1cc([C@@]2(O)CCN(C(=O)c3ccoc3Cl)C2)nn1. The number of halogens is 1. The lowest BCUT2D eigenvalue weighted by Gasteiger charge is -2.20. The molecule has 7 nitrogen and oxygen atoms in total. The number of carbonyl (C=O) groups excluding carboxylic acids is 1. The normalized spacial score (nSPS) is 21.8. The van der Waals surface area contributed by atoms with Gasteiger partial charge in [0.25, 0.3) is 5.91 Å². The average molecular weight is 325 g/mol. The Hall–Kier alpha value is -1.86. The van der Waals surface area contributed by atoms with E-state index in [4.69, 9.17) is 16.0 Å². The summed E-state index contributed by atoms with van der Waals surface area (Å²) in [5.41, 5.74) is -0.398. The fraction of sp³-hybridized carbons (Fsp3) is 0.500. The van der Waals surface area contributed by atoms with Gasteiger partial charge in [0.1, 0.15) is 11.3 Å². The molecule has 0 bridgehead atoms. The second-order valence-electron chi connectivity index (χ2n) is 5.79. The maximum atomic E-state index is 12.4. The predicted molar refractivity (Wildman–Crippen MR) is 78.5 cm³/mol. The topological polar surface area (TPSA) is 84.4 Å². The van der Waals surface area contributed by atoms with Gasteiger partial charge in [-0.15, -0.1) is 5.10 Å². The highest BCUT2D eigenvalue weighted by molar-refractivity contribution is 6.32. The zero-order valence-electron chi connectivity index (χ0n) is 12.4. The first-order valence-corrected chi connectivity index (χ1v) is 7.45. The van der Waals surface area contributed by atoms with Crippen LogP contribution in [0, 0.1) is 0 Å². The summed E-state index contributed by atoms with van der Waals surface area (Å²) in [5.74, 6) is -0.258. The third-order valence-corrected chi connectivity index (χ3v) is 4.19. The number of aliphatic hydroxyl groups is 1. The summed E-state index contributed by atoms with van der Waals surface area (Å²) < 4.78 is 6.63. The van der Waals surface area contributed by atoms with Crippen LogP contribution in [0.15, 0.2) is 22.9 Å². The first kappa shape index (κ1) is 15.1. The molecule has 1 saturated heterocycles. The van der Waals surface area contributed by atoms with Crippen molar-refractivity contribution < 1.29 is 14.3 Å². The number of furan rings is 1. The fourth-order valence-electron chi connectivity index (χ4n) is 2.54. The van der Waals surface area contributed by atoms with E-state index in [1.807, 2.05) is 13.8 Å². The van der Waals surface area contributed by atoms with Gasteiger partial charge in [0.05, 0.1) is 24.6 Å². The van der Waals surface area contributed by atoms with Crippen molar-refractivity contribution in [1.82, 2.24) is 19.9 Å². The Morgan fingerprint density at radius 1 is 1.55 bits per heavy atom. The van der Waals surface area contributed by atoms with Crippen LogP contribution in [-0.2, 0) is 5.60 Å². The minimum atomic E-state index is -1.18. The Kier molecular flexibility index (Phi) is 3.70. The van der Waals surface area contributed by atoms with Gasteiger partial charge >= 0.3 is 0 Å². The molecule has 8 heteroatoms. The second kappa shape index (κ2) is 5.40. The van der Waals surface area contributed by atoms with E-state index >= 15 is 0 Å². The Bertz CT molecular complexity index is 696. The maximum Gasteiger partial charge on any atom is 0.258 e. The number of nitrogens with zero attached hydrogens (tertiary/aromatic N) is 4. The van der Waals surface area contributed by atoms with E-state index in [-0.39, 0.29) is 23.7 Å². The molecule has 0 saturated carbocycles. The largest absolute Gasteiger partial charge is 0.452 e. The highest BCUT2D eigenvalue weighted by atomic mass is 35.5. The molecule has 3 rings (SSSR count). The van der Waals surface area contributed by atoms with Crippen molar-refractivity contribution >= 4 is 17.5 Å². The van der Waals surface area contributed by atoms with Crippen LogP contribution in [-0.4, -0.2) is 44.0 Å². The molecular weight excluding hydrogens is 308 g/mol. The van der Waals surface area contributed by atoms with Crippen LogP contribution >= 0.6 is 11.6 Å².